The van der Waals surface area contributed by atoms with Gasteiger partial charge < -0.3 is 10.5 Å². The number of halogens is 1. The maximum Gasteiger partial charge on any atom is 0.130 e. The Bertz CT molecular complexity index is 617. The summed E-state index contributed by atoms with van der Waals surface area (Å²) in [7, 11) is 0. The summed E-state index contributed by atoms with van der Waals surface area (Å²) >= 11 is 6.04. The smallest absolute Gasteiger partial charge is 0.130 e. The zero-order valence-corrected chi connectivity index (χ0v) is 13.6. The van der Waals surface area contributed by atoms with Crippen LogP contribution in [-0.2, 0) is 11.8 Å². The molecule has 2 rings (SSSR count). The Morgan fingerprint density at radius 3 is 2.52 bits per heavy atom. The van der Waals surface area contributed by atoms with Crippen LogP contribution in [0.1, 0.15) is 31.9 Å². The molecule has 2 aromatic carbocycles. The second-order valence-corrected chi connectivity index (χ2v) is 6.61. The van der Waals surface area contributed by atoms with E-state index in [1.54, 1.807) is 0 Å². The maximum absolute atomic E-state index is 6.04. The van der Waals surface area contributed by atoms with E-state index in [4.69, 9.17) is 22.1 Å². The van der Waals surface area contributed by atoms with Crippen LogP contribution in [0.3, 0.4) is 0 Å². The number of ether oxygens (including phenoxy) is 1. The summed E-state index contributed by atoms with van der Waals surface area (Å²) in [6.45, 7) is 7.13. The molecular weight excluding hydrogens is 282 g/mol. The van der Waals surface area contributed by atoms with Crippen molar-refractivity contribution in [2.75, 3.05) is 6.54 Å². The van der Waals surface area contributed by atoms with E-state index < -0.39 is 0 Å². The van der Waals surface area contributed by atoms with Crippen molar-refractivity contribution in [1.82, 2.24) is 0 Å². The Morgan fingerprint density at radius 1 is 1.10 bits per heavy atom. The van der Waals surface area contributed by atoms with Crippen molar-refractivity contribution < 1.29 is 4.74 Å². The molecule has 0 unspecified atom stereocenters. The lowest BCUT2D eigenvalue weighted by molar-refractivity contribution is 0.472. The summed E-state index contributed by atoms with van der Waals surface area (Å²) in [4.78, 5) is 0. The van der Waals surface area contributed by atoms with Gasteiger partial charge in [0.1, 0.15) is 11.5 Å². The van der Waals surface area contributed by atoms with E-state index in [1.165, 1.54) is 5.56 Å². The molecule has 21 heavy (non-hydrogen) atoms. The van der Waals surface area contributed by atoms with Gasteiger partial charge in [0, 0.05) is 5.02 Å². The lowest BCUT2D eigenvalue weighted by Crippen LogP contribution is -2.10. The highest BCUT2D eigenvalue weighted by Crippen LogP contribution is 2.31. The molecule has 0 aliphatic heterocycles. The van der Waals surface area contributed by atoms with Crippen LogP contribution in [0.25, 0.3) is 0 Å². The average molecular weight is 304 g/mol. The van der Waals surface area contributed by atoms with E-state index in [0.717, 1.165) is 23.5 Å². The number of benzene rings is 2. The number of nitrogens with two attached hydrogens (primary N) is 1. The first kappa shape index (κ1) is 15.9. The highest BCUT2D eigenvalue weighted by molar-refractivity contribution is 6.30. The summed E-state index contributed by atoms with van der Waals surface area (Å²) in [5.41, 5.74) is 8.03. The fraction of sp³-hybridized carbons (Fsp3) is 0.333. The van der Waals surface area contributed by atoms with Gasteiger partial charge in [-0.2, -0.15) is 0 Å². The van der Waals surface area contributed by atoms with Crippen LogP contribution in [0.2, 0.25) is 5.02 Å². The highest BCUT2D eigenvalue weighted by Gasteiger charge is 2.14. The molecule has 0 saturated carbocycles. The number of rotatable bonds is 4. The Kier molecular flexibility index (Phi) is 4.92. The Labute approximate surface area is 131 Å². The Morgan fingerprint density at radius 2 is 1.86 bits per heavy atom. The predicted octanol–water partition coefficient (Wildman–Crippen LogP) is 4.93. The molecule has 0 bridgehead atoms. The van der Waals surface area contributed by atoms with Gasteiger partial charge in [0.2, 0.25) is 0 Å². The second-order valence-electron chi connectivity index (χ2n) is 6.17. The lowest BCUT2D eigenvalue weighted by Gasteiger charge is -2.20. The van der Waals surface area contributed by atoms with Gasteiger partial charge in [0.05, 0.1) is 0 Å². The number of hydrogen-bond donors (Lipinski definition) is 1. The van der Waals surface area contributed by atoms with Crippen LogP contribution in [0.5, 0.6) is 11.5 Å². The molecule has 3 heteroatoms. The van der Waals surface area contributed by atoms with E-state index in [1.807, 2.05) is 30.3 Å². The SMILES string of the molecule is CC(C)(C)c1cccc(Oc2ccc(Cl)cc2CCN)c1. The Hall–Kier alpha value is -1.51. The molecule has 2 nitrogen and oxygen atoms in total. The highest BCUT2D eigenvalue weighted by atomic mass is 35.5. The first-order chi connectivity index (χ1) is 9.90. The van der Waals surface area contributed by atoms with Crippen LogP contribution in [0, 0.1) is 0 Å². The van der Waals surface area contributed by atoms with Crippen molar-refractivity contribution >= 4 is 11.6 Å². The zero-order chi connectivity index (χ0) is 15.5. The third kappa shape index (κ3) is 4.23. The first-order valence-electron chi connectivity index (χ1n) is 7.17. The standard InChI is InChI=1S/C18H22ClNO/c1-18(2,3)14-5-4-6-16(12-14)21-17-8-7-15(19)11-13(17)9-10-20/h4-8,11-12H,9-10,20H2,1-3H3. The zero-order valence-electron chi connectivity index (χ0n) is 12.8. The van der Waals surface area contributed by atoms with Gasteiger partial charge in [-0.15, -0.1) is 0 Å². The monoisotopic (exact) mass is 303 g/mol. The molecule has 0 heterocycles. The fourth-order valence-corrected chi connectivity index (χ4v) is 2.35. The summed E-state index contributed by atoms with van der Waals surface area (Å²) in [6, 6.07) is 13.8. The minimum absolute atomic E-state index is 0.0967. The van der Waals surface area contributed by atoms with Gasteiger partial charge in [-0.1, -0.05) is 44.5 Å². The van der Waals surface area contributed by atoms with Gasteiger partial charge in [0.25, 0.3) is 0 Å². The molecule has 0 radical (unpaired) electrons. The van der Waals surface area contributed by atoms with E-state index in [2.05, 4.69) is 32.9 Å². The van der Waals surface area contributed by atoms with Crippen molar-refractivity contribution in [3.05, 3.63) is 58.6 Å². The summed E-state index contributed by atoms with van der Waals surface area (Å²) in [5, 5.41) is 0.703. The van der Waals surface area contributed by atoms with Gasteiger partial charge in [-0.05, 0) is 59.8 Å². The molecule has 0 saturated heterocycles. The largest absolute Gasteiger partial charge is 0.457 e. The van der Waals surface area contributed by atoms with Crippen molar-refractivity contribution in [2.45, 2.75) is 32.6 Å². The number of hydrogen-bond acceptors (Lipinski definition) is 2. The predicted molar refractivity (Wildman–Crippen MR) is 89.4 cm³/mol. The third-order valence-electron chi connectivity index (χ3n) is 3.36. The molecule has 0 atom stereocenters. The minimum Gasteiger partial charge on any atom is -0.457 e. The van der Waals surface area contributed by atoms with E-state index in [9.17, 15) is 0 Å². The van der Waals surface area contributed by atoms with E-state index in [-0.39, 0.29) is 5.41 Å². The molecule has 0 aromatic heterocycles. The molecule has 0 spiro atoms. The van der Waals surface area contributed by atoms with Crippen molar-refractivity contribution in [2.24, 2.45) is 5.73 Å². The lowest BCUT2D eigenvalue weighted by atomic mass is 9.87. The van der Waals surface area contributed by atoms with Gasteiger partial charge in [-0.25, -0.2) is 0 Å². The quantitative estimate of drug-likeness (QED) is 0.869. The molecule has 2 N–H and O–H groups in total. The first-order valence-corrected chi connectivity index (χ1v) is 7.55. The van der Waals surface area contributed by atoms with Crippen LogP contribution in [-0.4, -0.2) is 6.54 Å². The van der Waals surface area contributed by atoms with Crippen LogP contribution in [0.4, 0.5) is 0 Å². The molecule has 0 amide bonds. The van der Waals surface area contributed by atoms with E-state index >= 15 is 0 Å². The summed E-state index contributed by atoms with van der Waals surface area (Å²) in [5.74, 6) is 1.65. The topological polar surface area (TPSA) is 35.2 Å². The van der Waals surface area contributed by atoms with Crippen molar-refractivity contribution in [1.29, 1.82) is 0 Å². The van der Waals surface area contributed by atoms with E-state index in [0.29, 0.717) is 11.6 Å². The molecular formula is C18H22ClNO. The summed E-state index contributed by atoms with van der Waals surface area (Å²) in [6.07, 6.45) is 0.745. The summed E-state index contributed by atoms with van der Waals surface area (Å²) < 4.78 is 6.04. The Balaban J connectivity index is 2.30. The molecule has 112 valence electrons. The van der Waals surface area contributed by atoms with Crippen LogP contribution >= 0.6 is 11.6 Å². The van der Waals surface area contributed by atoms with Crippen molar-refractivity contribution in [3.8, 4) is 11.5 Å². The molecule has 0 aliphatic rings. The van der Waals surface area contributed by atoms with Gasteiger partial charge in [-0.3, -0.25) is 0 Å². The van der Waals surface area contributed by atoms with Crippen molar-refractivity contribution in [3.63, 3.8) is 0 Å². The maximum atomic E-state index is 6.04. The van der Waals surface area contributed by atoms with Gasteiger partial charge >= 0.3 is 0 Å². The van der Waals surface area contributed by atoms with Crippen LogP contribution in [0.15, 0.2) is 42.5 Å². The van der Waals surface area contributed by atoms with Crippen LogP contribution < -0.4 is 10.5 Å². The average Bonchev–Trinajstić information content (AvgIpc) is 2.42. The fourth-order valence-electron chi connectivity index (χ4n) is 2.15. The third-order valence-corrected chi connectivity index (χ3v) is 3.60. The molecule has 0 aliphatic carbocycles. The minimum atomic E-state index is 0.0967. The normalized spacial score (nSPS) is 11.5. The second kappa shape index (κ2) is 6.50. The van der Waals surface area contributed by atoms with Gasteiger partial charge in [0.15, 0.2) is 0 Å². The molecule has 0 fully saturated rings. The molecule has 2 aromatic rings.